The van der Waals surface area contributed by atoms with E-state index in [9.17, 15) is 4.79 Å². The Kier molecular flexibility index (Phi) is 4.43. The maximum absolute atomic E-state index is 12.8. The summed E-state index contributed by atoms with van der Waals surface area (Å²) in [6.07, 6.45) is 5.28. The molecule has 122 valence electrons. The maximum atomic E-state index is 12.8. The van der Waals surface area contributed by atoms with Crippen LogP contribution in [-0.4, -0.2) is 44.7 Å². The van der Waals surface area contributed by atoms with Gasteiger partial charge in [0.15, 0.2) is 0 Å². The van der Waals surface area contributed by atoms with Gasteiger partial charge in [-0.1, -0.05) is 0 Å². The monoisotopic (exact) mass is 313 g/mol. The average molecular weight is 313 g/mol. The second-order valence-corrected chi connectivity index (χ2v) is 6.35. The van der Waals surface area contributed by atoms with Crippen molar-refractivity contribution in [1.82, 2.24) is 19.7 Å². The summed E-state index contributed by atoms with van der Waals surface area (Å²) >= 11 is 0. The maximum Gasteiger partial charge on any atom is 0.253 e. The zero-order valence-electron chi connectivity index (χ0n) is 13.6. The lowest BCUT2D eigenvalue weighted by molar-refractivity contribution is 0.0661. The molecule has 1 amide bonds. The molecule has 6 nitrogen and oxygen atoms in total. The third-order valence-electron chi connectivity index (χ3n) is 4.60. The number of benzene rings is 1. The van der Waals surface area contributed by atoms with Crippen molar-refractivity contribution in [3.8, 4) is 5.69 Å². The highest BCUT2D eigenvalue weighted by molar-refractivity contribution is 5.94. The molecule has 1 aliphatic rings. The van der Waals surface area contributed by atoms with Crippen LogP contribution >= 0.6 is 0 Å². The minimum absolute atomic E-state index is 0.0867. The van der Waals surface area contributed by atoms with Crippen LogP contribution in [0.2, 0.25) is 0 Å². The summed E-state index contributed by atoms with van der Waals surface area (Å²) in [4.78, 5) is 18.7. The molecule has 2 aromatic rings. The number of hydrogen-bond acceptors (Lipinski definition) is 4. The Balaban J connectivity index is 1.79. The van der Waals surface area contributed by atoms with E-state index in [2.05, 4.69) is 10.1 Å². The van der Waals surface area contributed by atoms with E-state index in [1.165, 1.54) is 6.33 Å². The smallest absolute Gasteiger partial charge is 0.253 e. The van der Waals surface area contributed by atoms with Crippen LogP contribution < -0.4 is 5.73 Å². The van der Waals surface area contributed by atoms with Gasteiger partial charge in [0.05, 0.1) is 5.69 Å². The summed E-state index contributed by atoms with van der Waals surface area (Å²) in [6.45, 7) is 5.57. The van der Waals surface area contributed by atoms with Gasteiger partial charge in [-0.25, -0.2) is 9.67 Å². The van der Waals surface area contributed by atoms with E-state index in [4.69, 9.17) is 5.73 Å². The molecule has 1 aromatic heterocycles. The molecule has 6 heteroatoms. The highest BCUT2D eigenvalue weighted by Crippen LogP contribution is 2.22. The predicted octanol–water partition coefficient (Wildman–Crippen LogP) is 1.78. The number of aryl methyl sites for hydroxylation is 1. The fourth-order valence-electron chi connectivity index (χ4n) is 3.18. The van der Waals surface area contributed by atoms with Crippen molar-refractivity contribution in [2.24, 2.45) is 11.7 Å². The van der Waals surface area contributed by atoms with Crippen LogP contribution in [0.5, 0.6) is 0 Å². The lowest BCUT2D eigenvalue weighted by Gasteiger charge is -2.34. The largest absolute Gasteiger partial charge is 0.338 e. The molecule has 2 atom stereocenters. The number of likely N-dealkylation sites (tertiary alicyclic amines) is 1. The van der Waals surface area contributed by atoms with Crippen LogP contribution in [0, 0.1) is 12.8 Å². The number of piperidine rings is 1. The molecule has 1 aromatic carbocycles. The van der Waals surface area contributed by atoms with E-state index in [1.807, 2.05) is 36.9 Å². The molecule has 0 saturated carbocycles. The first-order valence-corrected chi connectivity index (χ1v) is 8.07. The van der Waals surface area contributed by atoms with Gasteiger partial charge in [0.25, 0.3) is 5.91 Å². The van der Waals surface area contributed by atoms with Crippen molar-refractivity contribution < 1.29 is 4.79 Å². The number of aromatic nitrogens is 3. The van der Waals surface area contributed by atoms with Gasteiger partial charge in [-0.3, -0.25) is 4.79 Å². The van der Waals surface area contributed by atoms with Crippen LogP contribution in [0.1, 0.15) is 35.7 Å². The third kappa shape index (κ3) is 3.27. The summed E-state index contributed by atoms with van der Waals surface area (Å²) in [5.41, 5.74) is 8.67. The van der Waals surface area contributed by atoms with E-state index >= 15 is 0 Å². The van der Waals surface area contributed by atoms with Crippen molar-refractivity contribution in [2.45, 2.75) is 32.7 Å². The van der Waals surface area contributed by atoms with Gasteiger partial charge < -0.3 is 10.6 Å². The topological polar surface area (TPSA) is 77.0 Å². The van der Waals surface area contributed by atoms with Crippen LogP contribution in [0.25, 0.3) is 5.69 Å². The SMILES string of the molecule is Cc1cc(C(=O)N2CCC[C@H]([C@@H](C)N)C2)ccc1-n1cncn1. The van der Waals surface area contributed by atoms with E-state index < -0.39 is 0 Å². The average Bonchev–Trinajstić information content (AvgIpc) is 3.08. The fourth-order valence-corrected chi connectivity index (χ4v) is 3.18. The molecule has 1 saturated heterocycles. The highest BCUT2D eigenvalue weighted by Gasteiger charge is 2.26. The highest BCUT2D eigenvalue weighted by atomic mass is 16.2. The Bertz CT molecular complexity index is 680. The molecule has 23 heavy (non-hydrogen) atoms. The number of amides is 1. The van der Waals surface area contributed by atoms with Gasteiger partial charge in [0.1, 0.15) is 12.7 Å². The van der Waals surface area contributed by atoms with Crippen LogP contribution in [0.4, 0.5) is 0 Å². The van der Waals surface area contributed by atoms with Gasteiger partial charge in [0.2, 0.25) is 0 Å². The number of hydrogen-bond donors (Lipinski definition) is 1. The van der Waals surface area contributed by atoms with E-state index in [0.717, 1.165) is 42.7 Å². The zero-order chi connectivity index (χ0) is 16.4. The first kappa shape index (κ1) is 15.7. The molecular weight excluding hydrogens is 290 g/mol. The Labute approximate surface area is 136 Å². The summed E-state index contributed by atoms with van der Waals surface area (Å²) < 4.78 is 1.70. The van der Waals surface area contributed by atoms with Crippen LogP contribution in [0.15, 0.2) is 30.9 Å². The summed E-state index contributed by atoms with van der Waals surface area (Å²) in [7, 11) is 0. The lowest BCUT2D eigenvalue weighted by atomic mass is 9.92. The summed E-state index contributed by atoms with van der Waals surface area (Å²) in [5, 5.41) is 4.14. The third-order valence-corrected chi connectivity index (χ3v) is 4.60. The van der Waals surface area contributed by atoms with Gasteiger partial charge in [-0.05, 0) is 56.4 Å². The standard InChI is InChI=1S/C17H23N5O/c1-12-8-14(5-6-16(12)22-11-19-10-20-22)17(23)21-7-3-4-15(9-21)13(2)18/h5-6,8,10-11,13,15H,3-4,7,9,18H2,1-2H3/t13-,15+/m1/s1. The molecule has 1 fully saturated rings. The van der Waals surface area contributed by atoms with E-state index in [1.54, 1.807) is 11.0 Å². The summed E-state index contributed by atoms with van der Waals surface area (Å²) in [5.74, 6) is 0.479. The van der Waals surface area contributed by atoms with Crippen LogP contribution in [-0.2, 0) is 0 Å². The second kappa shape index (κ2) is 6.50. The first-order chi connectivity index (χ1) is 11.1. The van der Waals surface area contributed by atoms with Gasteiger partial charge >= 0.3 is 0 Å². The molecule has 3 rings (SSSR count). The molecule has 1 aliphatic heterocycles. The van der Waals surface area contributed by atoms with E-state index in [0.29, 0.717) is 5.92 Å². The van der Waals surface area contributed by atoms with Crippen molar-refractivity contribution in [3.63, 3.8) is 0 Å². The Morgan fingerprint density at radius 2 is 2.26 bits per heavy atom. The lowest BCUT2D eigenvalue weighted by Crippen LogP contribution is -2.45. The minimum Gasteiger partial charge on any atom is -0.338 e. The van der Waals surface area contributed by atoms with Crippen molar-refractivity contribution in [2.75, 3.05) is 13.1 Å². The molecule has 2 N–H and O–H groups in total. The first-order valence-electron chi connectivity index (χ1n) is 8.07. The number of nitrogens with zero attached hydrogens (tertiary/aromatic N) is 4. The number of nitrogens with two attached hydrogens (primary N) is 1. The predicted molar refractivity (Wildman–Crippen MR) is 88.4 cm³/mol. The normalized spacial score (nSPS) is 19.6. The fraction of sp³-hybridized carbons (Fsp3) is 0.471. The quantitative estimate of drug-likeness (QED) is 0.937. The molecular formula is C17H23N5O. The number of carbonyl (C=O) groups excluding carboxylic acids is 1. The van der Waals surface area contributed by atoms with Gasteiger partial charge in [0, 0.05) is 24.7 Å². The zero-order valence-corrected chi connectivity index (χ0v) is 13.6. The Morgan fingerprint density at radius 1 is 1.43 bits per heavy atom. The van der Waals surface area contributed by atoms with Gasteiger partial charge in [-0.15, -0.1) is 0 Å². The summed E-state index contributed by atoms with van der Waals surface area (Å²) in [6, 6.07) is 5.84. The van der Waals surface area contributed by atoms with Crippen molar-refractivity contribution in [1.29, 1.82) is 0 Å². The number of carbonyl (C=O) groups is 1. The second-order valence-electron chi connectivity index (χ2n) is 6.35. The molecule has 0 unspecified atom stereocenters. The molecule has 0 spiro atoms. The Hall–Kier alpha value is -2.21. The van der Waals surface area contributed by atoms with Crippen LogP contribution in [0.3, 0.4) is 0 Å². The molecule has 0 radical (unpaired) electrons. The Morgan fingerprint density at radius 3 is 2.91 bits per heavy atom. The van der Waals surface area contributed by atoms with E-state index in [-0.39, 0.29) is 11.9 Å². The molecule has 0 bridgehead atoms. The molecule has 2 heterocycles. The van der Waals surface area contributed by atoms with Crippen molar-refractivity contribution >= 4 is 5.91 Å². The van der Waals surface area contributed by atoms with Crippen molar-refractivity contribution in [3.05, 3.63) is 42.0 Å². The minimum atomic E-state index is 0.0867. The number of rotatable bonds is 3. The van der Waals surface area contributed by atoms with Gasteiger partial charge in [-0.2, -0.15) is 5.10 Å². The molecule has 0 aliphatic carbocycles.